The standard InChI is InChI=1S/C23H33N3O5/c1-20(14-28-20)10-24(11-21(2)15-29-21)26(19(27)18-8-6-5-7-9-18)25(12-22(3)16-30-22)13-23(4)17-31-23/h5-9H,10-17H2,1-4H3. The normalized spacial score (nSPS) is 37.7. The summed E-state index contributed by atoms with van der Waals surface area (Å²) in [6.45, 7) is 13.5. The van der Waals surface area contributed by atoms with Crippen LogP contribution in [-0.4, -0.2) is 96.1 Å². The van der Waals surface area contributed by atoms with Crippen LogP contribution in [0.2, 0.25) is 0 Å². The van der Waals surface area contributed by atoms with Crippen molar-refractivity contribution in [1.82, 2.24) is 15.1 Å². The predicted molar refractivity (Wildman–Crippen MR) is 113 cm³/mol. The first-order valence-electron chi connectivity index (χ1n) is 11.1. The molecule has 4 atom stereocenters. The van der Waals surface area contributed by atoms with Crippen LogP contribution < -0.4 is 0 Å². The number of epoxide rings is 4. The molecule has 0 bridgehead atoms. The van der Waals surface area contributed by atoms with Crippen LogP contribution in [0.15, 0.2) is 30.3 Å². The van der Waals surface area contributed by atoms with Gasteiger partial charge in [0.1, 0.15) is 22.4 Å². The van der Waals surface area contributed by atoms with E-state index in [2.05, 4.69) is 37.7 Å². The van der Waals surface area contributed by atoms with Crippen molar-refractivity contribution in [3.63, 3.8) is 0 Å². The summed E-state index contributed by atoms with van der Waals surface area (Å²) in [6.07, 6.45) is 0. The van der Waals surface area contributed by atoms with E-state index >= 15 is 0 Å². The smallest absolute Gasteiger partial charge is 0.283 e. The molecule has 0 aliphatic carbocycles. The maximum atomic E-state index is 13.9. The minimum Gasteiger partial charge on any atom is -0.368 e. The molecule has 4 heterocycles. The van der Waals surface area contributed by atoms with Crippen LogP contribution in [0.25, 0.3) is 0 Å². The number of nitrogens with zero attached hydrogens (tertiary/aromatic N) is 3. The quantitative estimate of drug-likeness (QED) is 0.390. The molecule has 8 nitrogen and oxygen atoms in total. The number of hydrazine groups is 2. The molecule has 0 N–H and O–H groups in total. The number of rotatable bonds is 11. The molecular weight excluding hydrogens is 398 g/mol. The summed E-state index contributed by atoms with van der Waals surface area (Å²) in [5.41, 5.74) is -0.388. The molecule has 1 amide bonds. The Kier molecular flexibility index (Phi) is 4.97. The number of amides is 1. The highest BCUT2D eigenvalue weighted by atomic mass is 16.6. The lowest BCUT2D eigenvalue weighted by atomic mass is 10.1. The Morgan fingerprint density at radius 1 is 0.710 bits per heavy atom. The molecule has 4 fully saturated rings. The van der Waals surface area contributed by atoms with Gasteiger partial charge in [-0.15, -0.1) is 0 Å². The Morgan fingerprint density at radius 2 is 1.03 bits per heavy atom. The Morgan fingerprint density at radius 3 is 1.32 bits per heavy atom. The van der Waals surface area contributed by atoms with E-state index in [-0.39, 0.29) is 28.3 Å². The molecule has 1 aromatic carbocycles. The molecular formula is C23H33N3O5. The van der Waals surface area contributed by atoms with Gasteiger partial charge in [-0.25, -0.2) is 0 Å². The third-order valence-electron chi connectivity index (χ3n) is 6.35. The van der Waals surface area contributed by atoms with Crippen LogP contribution in [0, 0.1) is 0 Å². The summed E-state index contributed by atoms with van der Waals surface area (Å²) in [5.74, 6) is -0.0670. The summed E-state index contributed by atoms with van der Waals surface area (Å²) >= 11 is 0. The average Bonchev–Trinajstić information content (AvgIpc) is 3.55. The van der Waals surface area contributed by atoms with Crippen molar-refractivity contribution in [2.45, 2.75) is 50.1 Å². The van der Waals surface area contributed by atoms with E-state index in [4.69, 9.17) is 18.9 Å². The summed E-state index contributed by atoms with van der Waals surface area (Å²) in [7, 11) is 0. The SMILES string of the molecule is CC1(CN(CC2(C)CO2)N(C(=O)c2ccccc2)N(CC2(C)CO2)CC2(C)CO2)CO1. The largest absolute Gasteiger partial charge is 0.368 e. The summed E-state index contributed by atoms with van der Waals surface area (Å²) in [6, 6.07) is 9.44. The highest BCUT2D eigenvalue weighted by Gasteiger charge is 2.52. The fourth-order valence-corrected chi connectivity index (χ4v) is 3.91. The zero-order chi connectivity index (χ0) is 21.9. The van der Waals surface area contributed by atoms with E-state index < -0.39 is 0 Å². The molecule has 4 aliphatic rings. The second-order valence-corrected chi connectivity index (χ2v) is 10.6. The van der Waals surface area contributed by atoms with Crippen LogP contribution >= 0.6 is 0 Å². The number of ether oxygens (including phenoxy) is 4. The molecule has 4 saturated heterocycles. The van der Waals surface area contributed by atoms with Gasteiger partial charge in [0, 0.05) is 5.56 Å². The number of carbonyl (C=O) groups excluding carboxylic acids is 1. The van der Waals surface area contributed by atoms with E-state index in [1.54, 1.807) is 0 Å². The first kappa shape index (κ1) is 21.3. The second kappa shape index (κ2) is 7.23. The van der Waals surface area contributed by atoms with Crippen molar-refractivity contribution in [2.75, 3.05) is 52.6 Å². The van der Waals surface area contributed by atoms with Crippen molar-refractivity contribution in [1.29, 1.82) is 0 Å². The lowest BCUT2D eigenvalue weighted by molar-refractivity contribution is -0.169. The lowest BCUT2D eigenvalue weighted by Crippen LogP contribution is -2.62. The highest BCUT2D eigenvalue weighted by Crippen LogP contribution is 2.36. The van der Waals surface area contributed by atoms with Gasteiger partial charge in [0.25, 0.3) is 5.91 Å². The van der Waals surface area contributed by atoms with Gasteiger partial charge < -0.3 is 18.9 Å². The first-order chi connectivity index (χ1) is 14.6. The van der Waals surface area contributed by atoms with Gasteiger partial charge in [0.2, 0.25) is 0 Å². The molecule has 5 rings (SSSR count). The summed E-state index contributed by atoms with van der Waals surface area (Å²) in [4.78, 5) is 13.9. The number of hydrogen-bond acceptors (Lipinski definition) is 7. The van der Waals surface area contributed by atoms with Crippen molar-refractivity contribution < 1.29 is 23.7 Å². The Bertz CT molecular complexity index is 747. The second-order valence-electron chi connectivity index (χ2n) is 10.6. The van der Waals surface area contributed by atoms with Gasteiger partial charge in [-0.05, 0) is 39.8 Å². The van der Waals surface area contributed by atoms with Crippen LogP contribution in [0.4, 0.5) is 0 Å². The predicted octanol–water partition coefficient (Wildman–Crippen LogP) is 1.72. The Labute approximate surface area is 183 Å². The molecule has 0 saturated carbocycles. The van der Waals surface area contributed by atoms with Crippen LogP contribution in [0.3, 0.4) is 0 Å². The maximum Gasteiger partial charge on any atom is 0.283 e. The van der Waals surface area contributed by atoms with Crippen molar-refractivity contribution in [3.05, 3.63) is 35.9 Å². The third kappa shape index (κ3) is 5.10. The zero-order valence-electron chi connectivity index (χ0n) is 18.9. The monoisotopic (exact) mass is 431 g/mol. The topological polar surface area (TPSA) is 76.9 Å². The summed E-state index contributed by atoms with van der Waals surface area (Å²) < 4.78 is 22.9. The minimum absolute atomic E-state index is 0.0670. The number of carbonyl (C=O) groups is 1. The van der Waals surface area contributed by atoms with Crippen molar-refractivity contribution in [3.8, 4) is 0 Å². The Hall–Kier alpha value is -1.55. The maximum absolute atomic E-state index is 13.9. The fraction of sp³-hybridized carbons (Fsp3) is 0.696. The molecule has 4 aliphatic heterocycles. The molecule has 31 heavy (non-hydrogen) atoms. The van der Waals surface area contributed by atoms with Crippen LogP contribution in [-0.2, 0) is 18.9 Å². The van der Waals surface area contributed by atoms with E-state index in [0.717, 1.165) is 0 Å². The fourth-order valence-electron chi connectivity index (χ4n) is 3.91. The minimum atomic E-state index is -0.258. The van der Waals surface area contributed by atoms with Crippen LogP contribution in [0.5, 0.6) is 0 Å². The van der Waals surface area contributed by atoms with Crippen molar-refractivity contribution in [2.24, 2.45) is 0 Å². The van der Waals surface area contributed by atoms with Gasteiger partial charge >= 0.3 is 0 Å². The Balaban J connectivity index is 1.49. The van der Waals surface area contributed by atoms with Gasteiger partial charge in [-0.1, -0.05) is 18.2 Å². The highest BCUT2D eigenvalue weighted by molar-refractivity contribution is 5.93. The van der Waals surface area contributed by atoms with Crippen LogP contribution in [0.1, 0.15) is 38.1 Å². The molecule has 4 unspecified atom stereocenters. The first-order valence-corrected chi connectivity index (χ1v) is 11.1. The lowest BCUT2D eigenvalue weighted by Gasteiger charge is -2.44. The number of hydrogen-bond donors (Lipinski definition) is 0. The third-order valence-corrected chi connectivity index (χ3v) is 6.35. The van der Waals surface area contributed by atoms with Gasteiger partial charge in [0.05, 0.1) is 52.6 Å². The zero-order valence-corrected chi connectivity index (χ0v) is 18.9. The molecule has 0 spiro atoms. The van der Waals surface area contributed by atoms with E-state index in [0.29, 0.717) is 58.2 Å². The molecule has 0 aromatic heterocycles. The van der Waals surface area contributed by atoms with E-state index in [1.807, 2.05) is 35.4 Å². The van der Waals surface area contributed by atoms with Gasteiger partial charge in [-0.2, -0.15) is 15.1 Å². The molecule has 1 aromatic rings. The van der Waals surface area contributed by atoms with E-state index in [9.17, 15) is 4.79 Å². The molecule has 8 heteroatoms. The number of benzene rings is 1. The van der Waals surface area contributed by atoms with E-state index in [1.165, 1.54) is 0 Å². The van der Waals surface area contributed by atoms with Crippen molar-refractivity contribution >= 4 is 5.91 Å². The average molecular weight is 432 g/mol. The van der Waals surface area contributed by atoms with Gasteiger partial charge in [-0.3, -0.25) is 4.79 Å². The molecule has 170 valence electrons. The van der Waals surface area contributed by atoms with Gasteiger partial charge in [0.15, 0.2) is 0 Å². The molecule has 0 radical (unpaired) electrons. The summed E-state index contributed by atoms with van der Waals surface area (Å²) in [5, 5.41) is 6.02.